The number of benzene rings is 3. The molecule has 3 aromatic carbocycles. The first-order chi connectivity index (χ1) is 15.3. The van der Waals surface area contributed by atoms with Gasteiger partial charge in [0.2, 0.25) is 0 Å². The Labute approximate surface area is 189 Å². The third kappa shape index (κ3) is 3.26. The molecular weight excluding hydrogens is 550 g/mol. The van der Waals surface area contributed by atoms with Crippen molar-refractivity contribution in [2.24, 2.45) is 0 Å². The van der Waals surface area contributed by atoms with Gasteiger partial charge in [-0.05, 0) is 0 Å². The van der Waals surface area contributed by atoms with Crippen molar-refractivity contribution in [3.05, 3.63) is 102 Å². The summed E-state index contributed by atoms with van der Waals surface area (Å²) >= 11 is -0.884. The SMILES string of the molecule is O=c1c2ccc([N+](=O)[O-])cc2[se]n1-c1ccc(-n2[se]c3cc([N+](=O)[O-])ccc3c2=O)cc1. The van der Waals surface area contributed by atoms with Crippen LogP contribution in [0.2, 0.25) is 0 Å². The summed E-state index contributed by atoms with van der Waals surface area (Å²) in [5.74, 6) is 0. The minimum atomic E-state index is -0.486. The molecule has 32 heavy (non-hydrogen) atoms. The van der Waals surface area contributed by atoms with Crippen LogP contribution in [0, 0.1) is 20.2 Å². The van der Waals surface area contributed by atoms with Gasteiger partial charge < -0.3 is 0 Å². The van der Waals surface area contributed by atoms with Crippen LogP contribution in [0.5, 0.6) is 0 Å². The fourth-order valence-electron chi connectivity index (χ4n) is 3.32. The van der Waals surface area contributed by atoms with Gasteiger partial charge in [-0.3, -0.25) is 0 Å². The van der Waals surface area contributed by atoms with Gasteiger partial charge in [0.25, 0.3) is 0 Å². The Kier molecular flexibility index (Phi) is 4.79. The predicted octanol–water partition coefficient (Wildman–Crippen LogP) is 2.23. The van der Waals surface area contributed by atoms with E-state index in [1.807, 2.05) is 0 Å². The summed E-state index contributed by atoms with van der Waals surface area (Å²) in [6.07, 6.45) is 0. The van der Waals surface area contributed by atoms with Crippen molar-refractivity contribution in [1.29, 1.82) is 0 Å². The molecule has 2 aromatic heterocycles. The van der Waals surface area contributed by atoms with Gasteiger partial charge in [-0.2, -0.15) is 0 Å². The Balaban J connectivity index is 1.56. The molecule has 0 saturated carbocycles. The van der Waals surface area contributed by atoms with Gasteiger partial charge in [0, 0.05) is 0 Å². The zero-order chi connectivity index (χ0) is 22.6. The van der Waals surface area contributed by atoms with E-state index in [4.69, 9.17) is 0 Å². The molecule has 2 heterocycles. The number of aromatic nitrogens is 2. The van der Waals surface area contributed by atoms with Crippen LogP contribution >= 0.6 is 0 Å². The van der Waals surface area contributed by atoms with Crippen LogP contribution < -0.4 is 11.1 Å². The van der Waals surface area contributed by atoms with Crippen LogP contribution in [0.4, 0.5) is 11.4 Å². The second kappa shape index (κ2) is 7.54. The molecule has 5 rings (SSSR count). The van der Waals surface area contributed by atoms with Gasteiger partial charge in [-0.15, -0.1) is 0 Å². The Bertz CT molecular complexity index is 1550. The van der Waals surface area contributed by atoms with Crippen LogP contribution in [0.15, 0.2) is 70.3 Å². The van der Waals surface area contributed by atoms with Crippen LogP contribution in [0.1, 0.15) is 0 Å². The summed E-state index contributed by atoms with van der Waals surface area (Å²) in [6.45, 7) is 0. The monoisotopic (exact) mass is 562 g/mol. The van der Waals surface area contributed by atoms with Gasteiger partial charge in [-0.1, -0.05) is 0 Å². The second-order valence-electron chi connectivity index (χ2n) is 6.77. The van der Waals surface area contributed by atoms with E-state index in [2.05, 4.69) is 0 Å². The standard InChI is InChI=1S/C20H10N4O6Se2/c25-19-15-7-5-13(23(27)28)9-17(15)31-21(19)11-1-2-12(4-3-11)22-20(26)16-8-6-14(24(29)30)10-18(16)32-22/h1-10H. The molecule has 0 aliphatic heterocycles. The number of nitrogens with zero attached hydrogens (tertiary/aromatic N) is 4. The van der Waals surface area contributed by atoms with Crippen molar-refractivity contribution < 1.29 is 9.85 Å². The van der Waals surface area contributed by atoms with Crippen molar-refractivity contribution in [2.45, 2.75) is 0 Å². The average Bonchev–Trinajstić information content (AvgIpc) is 3.30. The first kappa shape index (κ1) is 20.3. The van der Waals surface area contributed by atoms with Crippen molar-refractivity contribution in [3.63, 3.8) is 0 Å². The summed E-state index contributed by atoms with van der Waals surface area (Å²) in [7, 11) is 0. The van der Waals surface area contributed by atoms with E-state index in [-0.39, 0.29) is 22.5 Å². The molecule has 0 aliphatic carbocycles. The maximum atomic E-state index is 12.8. The van der Waals surface area contributed by atoms with E-state index in [1.54, 1.807) is 31.4 Å². The Morgan fingerprint density at radius 1 is 0.625 bits per heavy atom. The second-order valence-corrected chi connectivity index (χ2v) is 10.9. The summed E-state index contributed by atoms with van der Waals surface area (Å²) in [6, 6.07) is 15.4. The van der Waals surface area contributed by atoms with Crippen LogP contribution in [-0.2, 0) is 0 Å². The fraction of sp³-hybridized carbons (Fsp3) is 0. The number of hydrogen-bond acceptors (Lipinski definition) is 6. The zero-order valence-corrected chi connectivity index (χ0v) is 19.3. The number of rotatable bonds is 4. The van der Waals surface area contributed by atoms with Crippen LogP contribution in [-0.4, -0.2) is 46.4 Å². The molecule has 5 aromatic rings. The zero-order valence-electron chi connectivity index (χ0n) is 15.8. The molecule has 12 heteroatoms. The van der Waals surface area contributed by atoms with E-state index in [0.717, 1.165) is 0 Å². The molecule has 10 nitrogen and oxygen atoms in total. The van der Waals surface area contributed by atoms with E-state index < -0.39 is 39.3 Å². The van der Waals surface area contributed by atoms with Crippen molar-refractivity contribution in [1.82, 2.24) is 7.12 Å². The quantitative estimate of drug-likeness (QED) is 0.188. The van der Waals surface area contributed by atoms with E-state index in [0.29, 0.717) is 30.7 Å². The van der Waals surface area contributed by atoms with E-state index in [9.17, 15) is 29.8 Å². The summed E-state index contributed by atoms with van der Waals surface area (Å²) in [4.78, 5) is 46.6. The van der Waals surface area contributed by atoms with E-state index in [1.165, 1.54) is 36.4 Å². The maximum absolute atomic E-state index is 12.8. The third-order valence-electron chi connectivity index (χ3n) is 4.88. The average molecular weight is 560 g/mol. The Hall–Kier alpha value is -3.56. The van der Waals surface area contributed by atoms with Crippen molar-refractivity contribution >= 4 is 60.1 Å². The Morgan fingerprint density at radius 2 is 1.00 bits per heavy atom. The molecule has 0 bridgehead atoms. The van der Waals surface area contributed by atoms with Gasteiger partial charge in [0.1, 0.15) is 0 Å². The first-order valence-electron chi connectivity index (χ1n) is 9.05. The normalized spacial score (nSPS) is 11.2. The predicted molar refractivity (Wildman–Crippen MR) is 120 cm³/mol. The molecular formula is C20H10N4O6Se2. The molecule has 158 valence electrons. The number of hydrogen-bond donors (Lipinski definition) is 0. The number of non-ortho nitro benzene ring substituents is 2. The molecule has 0 amide bonds. The number of nitro benzene ring substituents is 2. The Morgan fingerprint density at radius 3 is 1.34 bits per heavy atom. The third-order valence-corrected chi connectivity index (χ3v) is 9.47. The van der Waals surface area contributed by atoms with Gasteiger partial charge in [0.15, 0.2) is 0 Å². The molecule has 0 saturated heterocycles. The van der Waals surface area contributed by atoms with Gasteiger partial charge in [-0.25, -0.2) is 0 Å². The fourth-order valence-corrected chi connectivity index (χ4v) is 7.65. The first-order valence-corrected chi connectivity index (χ1v) is 12.3. The number of nitro groups is 2. The topological polar surface area (TPSA) is 130 Å². The summed E-state index contributed by atoms with van der Waals surface area (Å²) in [5.41, 5.74) is 0.720. The van der Waals surface area contributed by atoms with E-state index >= 15 is 0 Å². The van der Waals surface area contributed by atoms with Gasteiger partial charge in [0.05, 0.1) is 0 Å². The van der Waals surface area contributed by atoms with Crippen LogP contribution in [0.3, 0.4) is 0 Å². The molecule has 0 N–H and O–H groups in total. The minimum absolute atomic E-state index is 0.0507. The van der Waals surface area contributed by atoms with Gasteiger partial charge >= 0.3 is 190 Å². The molecule has 0 fully saturated rings. The molecule has 0 radical (unpaired) electrons. The van der Waals surface area contributed by atoms with Crippen LogP contribution in [0.25, 0.3) is 30.7 Å². The molecule has 0 spiro atoms. The van der Waals surface area contributed by atoms with Crippen molar-refractivity contribution in [3.8, 4) is 11.4 Å². The van der Waals surface area contributed by atoms with Crippen molar-refractivity contribution in [2.75, 3.05) is 0 Å². The molecule has 0 aliphatic rings. The summed E-state index contributed by atoms with van der Waals surface area (Å²) < 4.78 is 4.47. The molecule has 0 atom stereocenters. The number of fused-ring (bicyclic) bond motifs is 2. The molecule has 0 unspecified atom stereocenters. The summed E-state index contributed by atoms with van der Waals surface area (Å²) in [5, 5.41) is 22.9.